The second-order valence-electron chi connectivity index (χ2n) is 5.83. The molecule has 0 spiro atoms. The normalized spacial score (nSPS) is 27.4. The van der Waals surface area contributed by atoms with Crippen molar-refractivity contribution in [2.45, 2.75) is 13.8 Å². The number of hydrogen-bond acceptors (Lipinski definition) is 3. The van der Waals surface area contributed by atoms with E-state index in [0.717, 1.165) is 4.90 Å². The number of rotatable bonds is 3. The van der Waals surface area contributed by atoms with Crippen molar-refractivity contribution >= 4 is 17.6 Å². The number of benzene rings is 1. The van der Waals surface area contributed by atoms with E-state index in [4.69, 9.17) is 0 Å². The Kier molecular flexibility index (Phi) is 2.39. The maximum Gasteiger partial charge on any atom is 0.234 e. The van der Waals surface area contributed by atoms with Gasteiger partial charge in [-0.1, -0.05) is 44.2 Å². The van der Waals surface area contributed by atoms with E-state index in [0.29, 0.717) is 5.56 Å². The van der Waals surface area contributed by atoms with Crippen molar-refractivity contribution in [2.75, 3.05) is 6.54 Å². The third-order valence-electron chi connectivity index (χ3n) is 4.29. The lowest BCUT2D eigenvalue weighted by atomic mass is 10.0. The van der Waals surface area contributed by atoms with Gasteiger partial charge in [0.2, 0.25) is 11.8 Å². The molecule has 19 heavy (non-hydrogen) atoms. The summed E-state index contributed by atoms with van der Waals surface area (Å²) < 4.78 is 0. The maximum atomic E-state index is 12.1. The summed E-state index contributed by atoms with van der Waals surface area (Å²) >= 11 is 0. The van der Waals surface area contributed by atoms with E-state index < -0.39 is 0 Å². The molecule has 3 rings (SSSR count). The Labute approximate surface area is 111 Å². The predicted octanol–water partition coefficient (Wildman–Crippen LogP) is 1.51. The van der Waals surface area contributed by atoms with Crippen molar-refractivity contribution in [2.24, 2.45) is 17.3 Å². The number of amides is 2. The lowest BCUT2D eigenvalue weighted by Gasteiger charge is -2.19. The summed E-state index contributed by atoms with van der Waals surface area (Å²) in [4.78, 5) is 37.3. The van der Waals surface area contributed by atoms with Gasteiger partial charge < -0.3 is 0 Å². The zero-order chi connectivity index (χ0) is 13.8. The second kappa shape index (κ2) is 3.76. The van der Waals surface area contributed by atoms with Crippen molar-refractivity contribution in [3.05, 3.63) is 35.9 Å². The summed E-state index contributed by atoms with van der Waals surface area (Å²) in [5.41, 5.74) is 0.309. The number of Topliss-reactive ketones (excluding diaryl/α,β-unsaturated/α-hetero) is 1. The largest absolute Gasteiger partial charge is 0.292 e. The number of likely N-dealkylation sites (tertiary alicyclic amines) is 1. The van der Waals surface area contributed by atoms with Crippen molar-refractivity contribution in [1.29, 1.82) is 0 Å². The van der Waals surface area contributed by atoms with Crippen molar-refractivity contribution in [3.63, 3.8) is 0 Å². The minimum Gasteiger partial charge on any atom is -0.292 e. The third-order valence-corrected chi connectivity index (χ3v) is 4.29. The molecule has 1 aromatic rings. The van der Waals surface area contributed by atoms with Gasteiger partial charge in [0.05, 0.1) is 18.4 Å². The molecule has 2 atom stereocenters. The van der Waals surface area contributed by atoms with E-state index in [1.165, 1.54) is 0 Å². The molecule has 98 valence electrons. The van der Waals surface area contributed by atoms with Gasteiger partial charge in [0.1, 0.15) is 0 Å². The molecule has 1 saturated carbocycles. The average molecular weight is 257 g/mol. The van der Waals surface area contributed by atoms with E-state index in [1.807, 2.05) is 19.9 Å². The summed E-state index contributed by atoms with van der Waals surface area (Å²) in [5, 5.41) is 0. The Hall–Kier alpha value is -1.97. The Morgan fingerprint density at radius 3 is 2.16 bits per heavy atom. The molecular weight excluding hydrogens is 242 g/mol. The zero-order valence-corrected chi connectivity index (χ0v) is 10.9. The summed E-state index contributed by atoms with van der Waals surface area (Å²) in [6.07, 6.45) is 0. The summed E-state index contributed by atoms with van der Waals surface area (Å²) in [6, 6.07) is 8.74. The highest BCUT2D eigenvalue weighted by atomic mass is 16.2. The first-order valence-electron chi connectivity index (χ1n) is 6.38. The standard InChI is InChI=1S/C15H15NO3/c1-15(2)11-12(15)14(19)16(13(11)18)8-10(17)9-6-4-3-5-7-9/h3-7,11-12H,8H2,1-2H3. The minimum absolute atomic E-state index is 0.134. The number of piperidine rings is 1. The highest BCUT2D eigenvalue weighted by Crippen LogP contribution is 2.63. The quantitative estimate of drug-likeness (QED) is 0.609. The van der Waals surface area contributed by atoms with Crippen LogP contribution < -0.4 is 0 Å². The number of fused-ring (bicyclic) bond motifs is 1. The molecule has 1 aromatic carbocycles. The highest BCUT2D eigenvalue weighted by molar-refractivity contribution is 6.13. The predicted molar refractivity (Wildman–Crippen MR) is 68.3 cm³/mol. The molecule has 0 N–H and O–H groups in total. The van der Waals surface area contributed by atoms with Crippen LogP contribution in [0.4, 0.5) is 0 Å². The van der Waals surface area contributed by atoms with Crippen molar-refractivity contribution < 1.29 is 14.4 Å². The highest BCUT2D eigenvalue weighted by Gasteiger charge is 2.72. The lowest BCUT2D eigenvalue weighted by Crippen LogP contribution is -2.39. The van der Waals surface area contributed by atoms with Crippen molar-refractivity contribution in [1.82, 2.24) is 4.90 Å². The molecule has 0 bridgehead atoms. The topological polar surface area (TPSA) is 54.5 Å². The van der Waals surface area contributed by atoms with E-state index in [2.05, 4.69) is 0 Å². The van der Waals surface area contributed by atoms with Gasteiger partial charge in [-0.15, -0.1) is 0 Å². The number of hydrogen-bond donors (Lipinski definition) is 0. The van der Waals surface area contributed by atoms with Crippen LogP contribution in [0, 0.1) is 17.3 Å². The fourth-order valence-electron chi connectivity index (χ4n) is 3.02. The van der Waals surface area contributed by atoms with E-state index >= 15 is 0 Å². The molecule has 1 aliphatic carbocycles. The maximum absolute atomic E-state index is 12.1. The van der Waals surface area contributed by atoms with Crippen LogP contribution in [-0.4, -0.2) is 29.0 Å². The smallest absolute Gasteiger partial charge is 0.234 e. The molecule has 1 aliphatic heterocycles. The van der Waals surface area contributed by atoms with Crippen LogP contribution in [0.25, 0.3) is 0 Å². The minimum atomic E-state index is -0.222. The van der Waals surface area contributed by atoms with Crippen LogP contribution in [0.3, 0.4) is 0 Å². The SMILES string of the molecule is CC1(C)C2C(=O)N(CC(=O)c3ccccc3)C(=O)C21. The van der Waals surface area contributed by atoms with Crippen LogP contribution in [0.1, 0.15) is 24.2 Å². The Balaban J connectivity index is 1.75. The number of carbonyl (C=O) groups excluding carboxylic acids is 3. The molecule has 4 nitrogen and oxygen atoms in total. The number of ketones is 1. The van der Waals surface area contributed by atoms with Crippen LogP contribution >= 0.6 is 0 Å². The molecule has 1 heterocycles. The van der Waals surface area contributed by atoms with E-state index in [1.54, 1.807) is 24.3 Å². The Morgan fingerprint density at radius 1 is 1.11 bits per heavy atom. The summed E-state index contributed by atoms with van der Waals surface area (Å²) in [5.74, 6) is -1.01. The van der Waals surface area contributed by atoms with Gasteiger partial charge in [-0.05, 0) is 5.41 Å². The average Bonchev–Trinajstić information content (AvgIpc) is 2.87. The zero-order valence-electron chi connectivity index (χ0n) is 10.9. The fourth-order valence-corrected chi connectivity index (χ4v) is 3.02. The first-order chi connectivity index (χ1) is 8.94. The Morgan fingerprint density at radius 2 is 1.63 bits per heavy atom. The number of carbonyl (C=O) groups is 3. The molecule has 2 aliphatic rings. The van der Waals surface area contributed by atoms with E-state index in [9.17, 15) is 14.4 Å². The first kappa shape index (κ1) is 12.1. The van der Waals surface area contributed by atoms with Gasteiger partial charge in [0, 0.05) is 5.56 Å². The van der Waals surface area contributed by atoms with Crippen molar-refractivity contribution in [3.8, 4) is 0 Å². The second-order valence-corrected chi connectivity index (χ2v) is 5.83. The van der Waals surface area contributed by atoms with Crippen LogP contribution in [0.2, 0.25) is 0 Å². The molecule has 0 aromatic heterocycles. The van der Waals surface area contributed by atoms with E-state index in [-0.39, 0.29) is 41.4 Å². The van der Waals surface area contributed by atoms with Gasteiger partial charge in [-0.25, -0.2) is 0 Å². The number of nitrogens with zero attached hydrogens (tertiary/aromatic N) is 1. The van der Waals surface area contributed by atoms with Crippen LogP contribution in [0.5, 0.6) is 0 Å². The molecular formula is C15H15NO3. The van der Waals surface area contributed by atoms with Gasteiger partial charge >= 0.3 is 0 Å². The first-order valence-corrected chi connectivity index (χ1v) is 6.38. The molecule has 2 fully saturated rings. The van der Waals surface area contributed by atoms with Gasteiger partial charge in [0.15, 0.2) is 5.78 Å². The molecule has 2 unspecified atom stereocenters. The molecule has 0 radical (unpaired) electrons. The molecule has 2 amide bonds. The van der Waals surface area contributed by atoms with Gasteiger partial charge in [-0.3, -0.25) is 19.3 Å². The Bertz CT molecular complexity index is 552. The van der Waals surface area contributed by atoms with Gasteiger partial charge in [0.25, 0.3) is 0 Å². The summed E-state index contributed by atoms with van der Waals surface area (Å²) in [6.45, 7) is 3.72. The monoisotopic (exact) mass is 257 g/mol. The van der Waals surface area contributed by atoms with Gasteiger partial charge in [-0.2, -0.15) is 0 Å². The van der Waals surface area contributed by atoms with Crippen LogP contribution in [0.15, 0.2) is 30.3 Å². The third kappa shape index (κ3) is 1.63. The summed E-state index contributed by atoms with van der Waals surface area (Å²) in [7, 11) is 0. The molecule has 1 saturated heterocycles. The lowest BCUT2D eigenvalue weighted by molar-refractivity contribution is -0.142. The molecule has 4 heteroatoms. The number of imide groups is 1. The fraction of sp³-hybridized carbons (Fsp3) is 0.400. The van der Waals surface area contributed by atoms with Crippen LogP contribution in [-0.2, 0) is 9.59 Å².